The lowest BCUT2D eigenvalue weighted by Gasteiger charge is -2.00. The number of carbonyl (C=O) groups excluding carboxylic acids is 1. The molecule has 1 aromatic carbocycles. The van der Waals surface area contributed by atoms with Crippen LogP contribution in [0.1, 0.15) is 21.3 Å². The number of hydrogen-bond acceptors (Lipinski definition) is 9. The van der Waals surface area contributed by atoms with E-state index >= 15 is 0 Å². The second-order valence-electron chi connectivity index (χ2n) is 5.73. The number of aryl methyl sites for hydroxylation is 1. The Kier molecular flexibility index (Phi) is 5.18. The summed E-state index contributed by atoms with van der Waals surface area (Å²) in [4.78, 5) is 22.6. The SMILES string of the molecule is COc1ccc(-c2noc(COC(=O)c3sc(-c4cccs4)nc3C)n2)cc1. The van der Waals surface area contributed by atoms with Crippen molar-refractivity contribution in [2.75, 3.05) is 7.11 Å². The Bertz CT molecular complexity index is 1090. The van der Waals surface area contributed by atoms with Crippen molar-refractivity contribution in [3.63, 3.8) is 0 Å². The Balaban J connectivity index is 1.42. The highest BCUT2D eigenvalue weighted by Gasteiger charge is 2.19. The van der Waals surface area contributed by atoms with E-state index in [1.165, 1.54) is 11.3 Å². The van der Waals surface area contributed by atoms with Crippen LogP contribution in [0, 0.1) is 6.92 Å². The number of rotatable bonds is 6. The molecule has 0 aliphatic rings. The van der Waals surface area contributed by atoms with Crippen LogP contribution in [0.4, 0.5) is 0 Å². The molecule has 0 bridgehead atoms. The first-order chi connectivity index (χ1) is 13.6. The molecular weight excluding hydrogens is 398 g/mol. The molecule has 0 amide bonds. The van der Waals surface area contributed by atoms with E-state index in [4.69, 9.17) is 14.0 Å². The van der Waals surface area contributed by atoms with E-state index in [1.807, 2.05) is 41.8 Å². The van der Waals surface area contributed by atoms with Crippen LogP contribution in [0.25, 0.3) is 21.3 Å². The largest absolute Gasteiger partial charge is 0.497 e. The molecule has 7 nitrogen and oxygen atoms in total. The van der Waals surface area contributed by atoms with E-state index in [0.29, 0.717) is 16.4 Å². The second kappa shape index (κ2) is 7.91. The quantitative estimate of drug-likeness (QED) is 0.427. The predicted octanol–water partition coefficient (Wildman–Crippen LogP) is 4.60. The van der Waals surface area contributed by atoms with Crippen LogP contribution < -0.4 is 4.74 Å². The summed E-state index contributed by atoms with van der Waals surface area (Å²) in [5.41, 5.74) is 1.42. The van der Waals surface area contributed by atoms with Gasteiger partial charge >= 0.3 is 5.97 Å². The van der Waals surface area contributed by atoms with Crippen molar-refractivity contribution in [3.05, 3.63) is 58.2 Å². The third kappa shape index (κ3) is 3.80. The molecule has 0 aliphatic heterocycles. The highest BCUT2D eigenvalue weighted by atomic mass is 32.1. The first-order valence-electron chi connectivity index (χ1n) is 8.29. The lowest BCUT2D eigenvalue weighted by molar-refractivity contribution is 0.0434. The summed E-state index contributed by atoms with van der Waals surface area (Å²) in [5.74, 6) is 0.924. The summed E-state index contributed by atoms with van der Waals surface area (Å²) in [6.07, 6.45) is 0. The van der Waals surface area contributed by atoms with Crippen molar-refractivity contribution in [3.8, 4) is 27.0 Å². The number of methoxy groups -OCH3 is 1. The van der Waals surface area contributed by atoms with E-state index in [0.717, 1.165) is 21.2 Å². The Hall–Kier alpha value is -3.04. The normalized spacial score (nSPS) is 10.8. The van der Waals surface area contributed by atoms with Crippen LogP contribution in [0.5, 0.6) is 5.75 Å². The number of benzene rings is 1. The third-order valence-electron chi connectivity index (χ3n) is 3.86. The van der Waals surface area contributed by atoms with Crippen LogP contribution in [-0.4, -0.2) is 28.2 Å². The molecule has 0 saturated carbocycles. The molecule has 4 aromatic rings. The van der Waals surface area contributed by atoms with Crippen molar-refractivity contribution >= 4 is 28.6 Å². The molecule has 28 heavy (non-hydrogen) atoms. The fourth-order valence-electron chi connectivity index (χ4n) is 2.46. The second-order valence-corrected chi connectivity index (χ2v) is 7.67. The van der Waals surface area contributed by atoms with E-state index in [1.54, 1.807) is 25.4 Å². The average molecular weight is 413 g/mol. The van der Waals surface area contributed by atoms with Crippen molar-refractivity contribution < 1.29 is 18.8 Å². The van der Waals surface area contributed by atoms with E-state index in [-0.39, 0.29) is 12.5 Å². The lowest BCUT2D eigenvalue weighted by Crippen LogP contribution is -2.05. The molecule has 3 aromatic heterocycles. The van der Waals surface area contributed by atoms with Gasteiger partial charge in [0, 0.05) is 5.56 Å². The fourth-order valence-corrected chi connectivity index (χ4v) is 4.21. The number of esters is 1. The Morgan fingerprint density at radius 1 is 1.18 bits per heavy atom. The molecule has 0 atom stereocenters. The predicted molar refractivity (Wildman–Crippen MR) is 106 cm³/mol. The summed E-state index contributed by atoms with van der Waals surface area (Å²) in [7, 11) is 1.60. The van der Waals surface area contributed by atoms with Crippen LogP contribution in [0.2, 0.25) is 0 Å². The first kappa shape index (κ1) is 18.3. The number of nitrogens with zero attached hydrogens (tertiary/aromatic N) is 3. The molecule has 0 unspecified atom stereocenters. The van der Waals surface area contributed by atoms with Crippen LogP contribution >= 0.6 is 22.7 Å². The van der Waals surface area contributed by atoms with Crippen molar-refractivity contribution in [1.29, 1.82) is 0 Å². The molecule has 0 fully saturated rings. The molecular formula is C19H15N3O4S2. The molecule has 0 saturated heterocycles. The highest BCUT2D eigenvalue weighted by molar-refractivity contribution is 7.22. The Morgan fingerprint density at radius 3 is 2.71 bits per heavy atom. The standard InChI is InChI=1S/C19H15N3O4S2/c1-11-16(28-18(20-11)14-4-3-9-27-14)19(23)25-10-15-21-17(22-26-15)12-5-7-13(24-2)8-6-12/h3-9H,10H2,1-2H3. The van der Waals surface area contributed by atoms with Crippen LogP contribution in [0.15, 0.2) is 46.3 Å². The molecule has 9 heteroatoms. The van der Waals surface area contributed by atoms with Gasteiger partial charge in [0.15, 0.2) is 6.61 Å². The van der Waals surface area contributed by atoms with Gasteiger partial charge in [0.05, 0.1) is 17.7 Å². The number of carbonyl (C=O) groups is 1. The Labute approximate surface area is 168 Å². The Morgan fingerprint density at radius 2 is 2.00 bits per heavy atom. The summed E-state index contributed by atoms with van der Waals surface area (Å²) < 4.78 is 15.6. The van der Waals surface area contributed by atoms with Gasteiger partial charge in [0.2, 0.25) is 5.82 Å². The number of aromatic nitrogens is 3. The third-order valence-corrected chi connectivity index (χ3v) is 6.03. The molecule has 0 aliphatic carbocycles. The van der Waals surface area contributed by atoms with Gasteiger partial charge in [0.1, 0.15) is 15.6 Å². The van der Waals surface area contributed by atoms with Gasteiger partial charge in [-0.15, -0.1) is 22.7 Å². The van der Waals surface area contributed by atoms with Crippen LogP contribution in [0.3, 0.4) is 0 Å². The summed E-state index contributed by atoms with van der Waals surface area (Å²) in [5, 5.41) is 6.70. The molecule has 0 N–H and O–H groups in total. The maximum Gasteiger partial charge on any atom is 0.350 e. The summed E-state index contributed by atoms with van der Waals surface area (Å²) in [6, 6.07) is 11.2. The number of thiophene rings is 1. The van der Waals surface area contributed by atoms with E-state index < -0.39 is 5.97 Å². The zero-order valence-electron chi connectivity index (χ0n) is 15.0. The lowest BCUT2D eigenvalue weighted by atomic mass is 10.2. The maximum absolute atomic E-state index is 12.4. The minimum Gasteiger partial charge on any atom is -0.497 e. The highest BCUT2D eigenvalue weighted by Crippen LogP contribution is 2.31. The van der Waals surface area contributed by atoms with Gasteiger partial charge in [-0.2, -0.15) is 4.98 Å². The van der Waals surface area contributed by atoms with Crippen molar-refractivity contribution in [2.45, 2.75) is 13.5 Å². The molecule has 0 radical (unpaired) electrons. The summed E-state index contributed by atoms with van der Waals surface area (Å²) >= 11 is 2.89. The van der Waals surface area contributed by atoms with Gasteiger partial charge in [-0.25, -0.2) is 9.78 Å². The minimum atomic E-state index is -0.456. The number of hydrogen-bond donors (Lipinski definition) is 0. The van der Waals surface area contributed by atoms with Gasteiger partial charge < -0.3 is 14.0 Å². The number of thiazole rings is 1. The average Bonchev–Trinajstić information content (AvgIpc) is 3.46. The monoisotopic (exact) mass is 413 g/mol. The fraction of sp³-hybridized carbons (Fsp3) is 0.158. The zero-order valence-corrected chi connectivity index (χ0v) is 16.7. The topological polar surface area (TPSA) is 87.3 Å². The summed E-state index contributed by atoms with van der Waals surface area (Å²) in [6.45, 7) is 1.69. The minimum absolute atomic E-state index is 0.104. The van der Waals surface area contributed by atoms with Gasteiger partial charge in [-0.05, 0) is 42.6 Å². The van der Waals surface area contributed by atoms with Gasteiger partial charge in [-0.3, -0.25) is 0 Å². The molecule has 0 spiro atoms. The molecule has 3 heterocycles. The first-order valence-corrected chi connectivity index (χ1v) is 9.99. The van der Waals surface area contributed by atoms with Gasteiger partial charge in [-0.1, -0.05) is 11.2 Å². The molecule has 142 valence electrons. The van der Waals surface area contributed by atoms with Crippen molar-refractivity contribution in [1.82, 2.24) is 15.1 Å². The maximum atomic E-state index is 12.4. The van der Waals surface area contributed by atoms with E-state index in [9.17, 15) is 4.79 Å². The van der Waals surface area contributed by atoms with Crippen LogP contribution in [-0.2, 0) is 11.3 Å². The number of ether oxygens (including phenoxy) is 2. The smallest absolute Gasteiger partial charge is 0.350 e. The van der Waals surface area contributed by atoms with Crippen molar-refractivity contribution in [2.24, 2.45) is 0 Å². The van der Waals surface area contributed by atoms with Gasteiger partial charge in [0.25, 0.3) is 5.89 Å². The zero-order chi connectivity index (χ0) is 19.5. The van der Waals surface area contributed by atoms with E-state index in [2.05, 4.69) is 15.1 Å². The molecule has 4 rings (SSSR count).